The van der Waals surface area contributed by atoms with Crippen LogP contribution >= 0.6 is 0 Å². The molecular weight excluding hydrogens is 390 g/mol. The first-order chi connectivity index (χ1) is 13.9. The Balaban J connectivity index is 1.84. The maximum absolute atomic E-state index is 14.8. The van der Waals surface area contributed by atoms with E-state index in [1.165, 1.54) is 30.3 Å². The van der Waals surface area contributed by atoms with Crippen molar-refractivity contribution in [1.82, 2.24) is 0 Å². The first-order valence-electron chi connectivity index (χ1n) is 8.46. The minimum atomic E-state index is -1.32. The number of hydrogen-bond donors (Lipinski definition) is 2. The number of halogens is 4. The topological polar surface area (TPSA) is 58.6 Å². The first-order valence-corrected chi connectivity index (χ1v) is 8.46. The van der Waals surface area contributed by atoms with Crippen LogP contribution < -0.4 is 10.1 Å². The van der Waals surface area contributed by atoms with Crippen molar-refractivity contribution < 1.29 is 32.2 Å². The molecule has 0 aliphatic heterocycles. The van der Waals surface area contributed by atoms with Crippen molar-refractivity contribution in [3.8, 4) is 16.9 Å². The summed E-state index contributed by atoms with van der Waals surface area (Å²) in [5.74, 6) is -5.04. The van der Waals surface area contributed by atoms with Gasteiger partial charge in [0.1, 0.15) is 23.1 Å². The summed E-state index contributed by atoms with van der Waals surface area (Å²) >= 11 is 0. The van der Waals surface area contributed by atoms with Crippen LogP contribution in [-0.2, 0) is 11.3 Å². The van der Waals surface area contributed by atoms with Gasteiger partial charge in [-0.3, -0.25) is 0 Å². The number of ether oxygens (including phenoxy) is 1. The molecule has 0 spiro atoms. The van der Waals surface area contributed by atoms with Gasteiger partial charge in [0.05, 0.1) is 0 Å². The molecule has 0 atom stereocenters. The summed E-state index contributed by atoms with van der Waals surface area (Å²) in [6, 6.07) is 11.7. The summed E-state index contributed by atoms with van der Waals surface area (Å²) < 4.78 is 61.5. The molecule has 0 amide bonds. The van der Waals surface area contributed by atoms with E-state index in [0.29, 0.717) is 5.56 Å². The van der Waals surface area contributed by atoms with Crippen LogP contribution in [0.2, 0.25) is 0 Å². The lowest BCUT2D eigenvalue weighted by atomic mass is 10.0. The number of carbonyl (C=O) groups is 1. The van der Waals surface area contributed by atoms with Crippen molar-refractivity contribution in [3.05, 3.63) is 83.4 Å². The standard InChI is InChI=1S/C21H15F4NO3/c22-14-5-1-3-12(9-14)15-6-2-4-13(19(15)24)10-26-21-16(23)7-8-17(20(21)25)29-11-18(27)28/h1-9,26H,10-11H2,(H,27,28). The van der Waals surface area contributed by atoms with Gasteiger partial charge in [0.25, 0.3) is 0 Å². The van der Waals surface area contributed by atoms with Gasteiger partial charge in [0, 0.05) is 17.7 Å². The molecule has 0 bridgehead atoms. The molecule has 4 nitrogen and oxygen atoms in total. The van der Waals surface area contributed by atoms with Gasteiger partial charge in [-0.1, -0.05) is 30.3 Å². The number of carboxylic acid groups (broad SMARTS) is 1. The molecule has 3 aromatic rings. The van der Waals surface area contributed by atoms with Crippen LogP contribution in [0.1, 0.15) is 5.56 Å². The average molecular weight is 405 g/mol. The molecule has 0 heterocycles. The molecule has 8 heteroatoms. The van der Waals surface area contributed by atoms with E-state index in [4.69, 9.17) is 9.84 Å². The largest absolute Gasteiger partial charge is 0.479 e. The lowest BCUT2D eigenvalue weighted by Crippen LogP contribution is -2.12. The van der Waals surface area contributed by atoms with E-state index in [9.17, 15) is 22.4 Å². The molecule has 0 aromatic heterocycles. The van der Waals surface area contributed by atoms with E-state index < -0.39 is 47.3 Å². The lowest BCUT2D eigenvalue weighted by Gasteiger charge is -2.14. The van der Waals surface area contributed by atoms with Crippen LogP contribution in [0.4, 0.5) is 23.2 Å². The lowest BCUT2D eigenvalue weighted by molar-refractivity contribution is -0.139. The Labute approximate surface area is 163 Å². The van der Waals surface area contributed by atoms with Crippen LogP contribution in [0.3, 0.4) is 0 Å². The number of anilines is 1. The van der Waals surface area contributed by atoms with Gasteiger partial charge in [-0.15, -0.1) is 0 Å². The Kier molecular flexibility index (Phi) is 6.01. The highest BCUT2D eigenvalue weighted by molar-refractivity contribution is 5.68. The second-order valence-corrected chi connectivity index (χ2v) is 6.06. The minimum Gasteiger partial charge on any atom is -0.479 e. The van der Waals surface area contributed by atoms with Crippen LogP contribution in [0.5, 0.6) is 5.75 Å². The number of rotatable bonds is 7. The molecule has 0 saturated heterocycles. The molecular formula is C21H15F4NO3. The number of carboxylic acids is 1. The molecule has 150 valence electrons. The Hall–Kier alpha value is -3.55. The third-order valence-electron chi connectivity index (χ3n) is 4.08. The van der Waals surface area contributed by atoms with Crippen LogP contribution in [0, 0.1) is 23.3 Å². The number of aliphatic carboxylic acids is 1. The van der Waals surface area contributed by atoms with Gasteiger partial charge in [-0.25, -0.2) is 22.4 Å². The van der Waals surface area contributed by atoms with Crippen molar-refractivity contribution in [2.45, 2.75) is 6.54 Å². The molecule has 0 saturated carbocycles. The molecule has 29 heavy (non-hydrogen) atoms. The van der Waals surface area contributed by atoms with Crippen molar-refractivity contribution in [3.63, 3.8) is 0 Å². The van der Waals surface area contributed by atoms with Gasteiger partial charge in [0.2, 0.25) is 0 Å². The predicted octanol–water partition coefficient (Wildman–Crippen LogP) is 4.99. The summed E-state index contributed by atoms with van der Waals surface area (Å²) in [6.07, 6.45) is 0. The zero-order valence-electron chi connectivity index (χ0n) is 14.9. The molecule has 0 radical (unpaired) electrons. The van der Waals surface area contributed by atoms with Crippen molar-refractivity contribution >= 4 is 11.7 Å². The van der Waals surface area contributed by atoms with Crippen molar-refractivity contribution in [1.29, 1.82) is 0 Å². The Morgan fingerprint density at radius 3 is 2.45 bits per heavy atom. The second kappa shape index (κ2) is 8.64. The highest BCUT2D eigenvalue weighted by Crippen LogP contribution is 2.30. The van der Waals surface area contributed by atoms with E-state index in [1.807, 2.05) is 0 Å². The Morgan fingerprint density at radius 2 is 1.72 bits per heavy atom. The quantitative estimate of drug-likeness (QED) is 0.544. The molecule has 0 aliphatic rings. The minimum absolute atomic E-state index is 0.0995. The average Bonchev–Trinajstić information content (AvgIpc) is 2.68. The zero-order valence-corrected chi connectivity index (χ0v) is 14.9. The Morgan fingerprint density at radius 1 is 0.966 bits per heavy atom. The summed E-state index contributed by atoms with van der Waals surface area (Å²) in [4.78, 5) is 10.6. The number of benzene rings is 3. The van der Waals surface area contributed by atoms with Crippen LogP contribution in [0.15, 0.2) is 54.6 Å². The molecule has 0 aliphatic carbocycles. The molecule has 3 aromatic carbocycles. The molecule has 2 N–H and O–H groups in total. The third kappa shape index (κ3) is 4.66. The summed E-state index contributed by atoms with van der Waals surface area (Å²) in [5, 5.41) is 11.1. The molecule has 3 rings (SSSR count). The SMILES string of the molecule is O=C(O)COc1ccc(F)c(NCc2cccc(-c3cccc(F)c3)c2F)c1F. The van der Waals surface area contributed by atoms with E-state index in [1.54, 1.807) is 12.1 Å². The summed E-state index contributed by atoms with van der Waals surface area (Å²) in [5.41, 5.74) is -0.0140. The van der Waals surface area contributed by atoms with Crippen LogP contribution in [-0.4, -0.2) is 17.7 Å². The van der Waals surface area contributed by atoms with E-state index in [0.717, 1.165) is 12.1 Å². The number of nitrogens with one attached hydrogen (secondary N) is 1. The number of hydrogen-bond acceptors (Lipinski definition) is 3. The molecule has 0 fully saturated rings. The first kappa shape index (κ1) is 20.2. The van der Waals surface area contributed by atoms with Crippen LogP contribution in [0.25, 0.3) is 11.1 Å². The Bertz CT molecular complexity index is 1060. The van der Waals surface area contributed by atoms with Gasteiger partial charge in [0.15, 0.2) is 18.2 Å². The van der Waals surface area contributed by atoms with Gasteiger partial charge in [-0.05, 0) is 29.8 Å². The monoisotopic (exact) mass is 405 g/mol. The zero-order chi connectivity index (χ0) is 21.0. The fourth-order valence-corrected chi connectivity index (χ4v) is 2.73. The van der Waals surface area contributed by atoms with E-state index in [-0.39, 0.29) is 17.7 Å². The smallest absolute Gasteiger partial charge is 0.341 e. The van der Waals surface area contributed by atoms with Gasteiger partial charge < -0.3 is 15.2 Å². The highest BCUT2D eigenvalue weighted by Gasteiger charge is 2.17. The normalized spacial score (nSPS) is 10.6. The van der Waals surface area contributed by atoms with Gasteiger partial charge in [-0.2, -0.15) is 0 Å². The fraction of sp³-hybridized carbons (Fsp3) is 0.0952. The summed E-state index contributed by atoms with van der Waals surface area (Å²) in [7, 11) is 0. The van der Waals surface area contributed by atoms with Crippen molar-refractivity contribution in [2.24, 2.45) is 0 Å². The highest BCUT2D eigenvalue weighted by atomic mass is 19.1. The second-order valence-electron chi connectivity index (χ2n) is 6.06. The summed E-state index contributed by atoms with van der Waals surface area (Å²) in [6.45, 7) is -1.07. The molecule has 0 unspecified atom stereocenters. The maximum atomic E-state index is 14.8. The van der Waals surface area contributed by atoms with E-state index >= 15 is 0 Å². The van der Waals surface area contributed by atoms with Crippen molar-refractivity contribution in [2.75, 3.05) is 11.9 Å². The van der Waals surface area contributed by atoms with E-state index in [2.05, 4.69) is 5.32 Å². The third-order valence-corrected chi connectivity index (χ3v) is 4.08. The fourth-order valence-electron chi connectivity index (χ4n) is 2.73. The maximum Gasteiger partial charge on any atom is 0.341 e. The predicted molar refractivity (Wildman–Crippen MR) is 98.6 cm³/mol. The van der Waals surface area contributed by atoms with Gasteiger partial charge >= 0.3 is 5.97 Å².